The van der Waals surface area contributed by atoms with Crippen molar-refractivity contribution in [3.05, 3.63) is 70.1 Å². The summed E-state index contributed by atoms with van der Waals surface area (Å²) in [5, 5.41) is 14.2. The monoisotopic (exact) mass is 380 g/mol. The van der Waals surface area contributed by atoms with Crippen LogP contribution in [0.25, 0.3) is 11.3 Å². The zero-order chi connectivity index (χ0) is 19.2. The van der Waals surface area contributed by atoms with Gasteiger partial charge in [0.1, 0.15) is 23.2 Å². The van der Waals surface area contributed by atoms with Crippen molar-refractivity contribution in [1.29, 1.82) is 5.26 Å². The summed E-state index contributed by atoms with van der Waals surface area (Å²) in [6.07, 6.45) is 1.53. The van der Waals surface area contributed by atoms with Crippen molar-refractivity contribution < 1.29 is 9.15 Å². The van der Waals surface area contributed by atoms with Crippen molar-refractivity contribution in [2.24, 2.45) is 5.10 Å². The number of hydrazone groups is 1. The zero-order valence-corrected chi connectivity index (χ0v) is 15.6. The van der Waals surface area contributed by atoms with Crippen LogP contribution in [-0.4, -0.2) is 18.3 Å². The highest BCUT2D eigenvalue weighted by Crippen LogP contribution is 2.23. The molecule has 0 aliphatic rings. The highest BCUT2D eigenvalue weighted by atomic mass is 35.5. The lowest BCUT2D eigenvalue weighted by Crippen LogP contribution is -2.03. The van der Waals surface area contributed by atoms with E-state index in [4.69, 9.17) is 20.8 Å². The van der Waals surface area contributed by atoms with Gasteiger partial charge in [-0.1, -0.05) is 11.6 Å². The van der Waals surface area contributed by atoms with Gasteiger partial charge in [-0.15, -0.1) is 0 Å². The Morgan fingerprint density at radius 2 is 2.07 bits per heavy atom. The molecule has 0 unspecified atom stereocenters. The van der Waals surface area contributed by atoms with Gasteiger partial charge in [0.25, 0.3) is 0 Å². The van der Waals surface area contributed by atoms with Crippen molar-refractivity contribution in [2.45, 2.75) is 13.5 Å². The Hall–Kier alpha value is -3.14. The number of hydrogen-bond donors (Lipinski definition) is 1. The number of aryl methyl sites for hydroxylation is 1. The minimum Gasteiger partial charge on any atom is -0.455 e. The first-order chi connectivity index (χ1) is 13.1. The lowest BCUT2D eigenvalue weighted by atomic mass is 10.1. The fourth-order valence-corrected chi connectivity index (χ4v) is 2.69. The molecule has 3 aromatic rings. The smallest absolute Gasteiger partial charge is 0.164 e. The number of ether oxygens (including phenoxy) is 1. The average molecular weight is 381 g/mol. The molecular formula is C20H17ClN4O2. The lowest BCUT2D eigenvalue weighted by Gasteiger charge is -2.08. The van der Waals surface area contributed by atoms with E-state index in [1.165, 1.54) is 6.21 Å². The van der Waals surface area contributed by atoms with Crippen LogP contribution in [0.1, 0.15) is 22.6 Å². The van der Waals surface area contributed by atoms with E-state index in [0.717, 1.165) is 16.8 Å². The zero-order valence-electron chi connectivity index (χ0n) is 14.9. The van der Waals surface area contributed by atoms with Crippen LogP contribution in [-0.2, 0) is 11.3 Å². The summed E-state index contributed by atoms with van der Waals surface area (Å²) < 4.78 is 10.9. The van der Waals surface area contributed by atoms with E-state index >= 15 is 0 Å². The van der Waals surface area contributed by atoms with Crippen LogP contribution in [0.15, 0.2) is 52.0 Å². The predicted molar refractivity (Wildman–Crippen MR) is 105 cm³/mol. The molecule has 1 aromatic carbocycles. The van der Waals surface area contributed by atoms with E-state index in [2.05, 4.69) is 21.6 Å². The summed E-state index contributed by atoms with van der Waals surface area (Å²) in [5.41, 5.74) is 5.66. The second-order valence-electron chi connectivity index (χ2n) is 5.77. The van der Waals surface area contributed by atoms with Crippen LogP contribution in [0, 0.1) is 18.3 Å². The lowest BCUT2D eigenvalue weighted by molar-refractivity contribution is 0.184. The molecule has 7 heteroatoms. The number of pyridine rings is 1. The number of rotatable bonds is 6. The van der Waals surface area contributed by atoms with E-state index in [0.29, 0.717) is 34.5 Å². The summed E-state index contributed by atoms with van der Waals surface area (Å²) in [6, 6.07) is 15.0. The molecule has 0 bridgehead atoms. The summed E-state index contributed by atoms with van der Waals surface area (Å²) in [5.74, 6) is 1.66. The van der Waals surface area contributed by atoms with Crippen molar-refractivity contribution in [1.82, 2.24) is 4.98 Å². The molecule has 0 aliphatic heterocycles. The largest absolute Gasteiger partial charge is 0.455 e. The Kier molecular flexibility index (Phi) is 5.87. The van der Waals surface area contributed by atoms with Gasteiger partial charge in [-0.2, -0.15) is 10.4 Å². The SMILES string of the molecule is COCc1cc(C)nc(NN=Cc2ccc(-c3ccc(Cl)cc3)o2)c1C#N. The molecule has 1 N–H and O–H groups in total. The summed E-state index contributed by atoms with van der Waals surface area (Å²) in [4.78, 5) is 4.33. The minimum atomic E-state index is 0.327. The Labute approximate surface area is 162 Å². The molecule has 0 fully saturated rings. The van der Waals surface area contributed by atoms with Gasteiger partial charge in [0.15, 0.2) is 5.82 Å². The number of nitriles is 1. The summed E-state index contributed by atoms with van der Waals surface area (Å²) >= 11 is 5.90. The van der Waals surface area contributed by atoms with Gasteiger partial charge in [-0.3, -0.25) is 5.43 Å². The van der Waals surface area contributed by atoms with Gasteiger partial charge >= 0.3 is 0 Å². The number of halogens is 1. The van der Waals surface area contributed by atoms with Crippen LogP contribution in [0.3, 0.4) is 0 Å². The molecule has 0 amide bonds. The Balaban J connectivity index is 1.77. The average Bonchev–Trinajstić information content (AvgIpc) is 3.11. The first-order valence-electron chi connectivity index (χ1n) is 8.15. The molecule has 0 aliphatic carbocycles. The van der Waals surface area contributed by atoms with Gasteiger partial charge < -0.3 is 9.15 Å². The summed E-state index contributed by atoms with van der Waals surface area (Å²) in [6.45, 7) is 2.17. The Bertz CT molecular complexity index is 1000. The maximum Gasteiger partial charge on any atom is 0.164 e. The van der Waals surface area contributed by atoms with E-state index in [1.54, 1.807) is 25.3 Å². The van der Waals surface area contributed by atoms with Gasteiger partial charge in [-0.25, -0.2) is 4.98 Å². The number of anilines is 1. The standard InChI is InChI=1S/C20H17ClN4O2/c1-13-9-15(12-26-2)18(10-22)20(24-13)25-23-11-17-7-8-19(27-17)14-3-5-16(21)6-4-14/h3-9,11H,12H2,1-2H3,(H,24,25). The normalized spacial score (nSPS) is 10.9. The molecular weight excluding hydrogens is 364 g/mol. The van der Waals surface area contributed by atoms with Crippen LogP contribution in [0.4, 0.5) is 5.82 Å². The van der Waals surface area contributed by atoms with E-state index in [9.17, 15) is 5.26 Å². The topological polar surface area (TPSA) is 83.4 Å². The maximum absolute atomic E-state index is 9.42. The third-order valence-electron chi connectivity index (χ3n) is 3.76. The van der Waals surface area contributed by atoms with Gasteiger partial charge in [-0.05, 0) is 49.4 Å². The van der Waals surface area contributed by atoms with E-state index < -0.39 is 0 Å². The number of nitrogens with one attached hydrogen (secondary N) is 1. The number of methoxy groups -OCH3 is 1. The molecule has 3 rings (SSSR count). The van der Waals surface area contributed by atoms with Gasteiger partial charge in [0.05, 0.1) is 12.8 Å². The first kappa shape index (κ1) is 18.6. The number of hydrogen-bond acceptors (Lipinski definition) is 6. The fourth-order valence-electron chi connectivity index (χ4n) is 2.56. The van der Waals surface area contributed by atoms with E-state index in [-0.39, 0.29) is 0 Å². The third-order valence-corrected chi connectivity index (χ3v) is 4.01. The second-order valence-corrected chi connectivity index (χ2v) is 6.21. The molecule has 2 heterocycles. The highest BCUT2D eigenvalue weighted by molar-refractivity contribution is 6.30. The number of benzene rings is 1. The summed E-state index contributed by atoms with van der Waals surface area (Å²) in [7, 11) is 1.58. The van der Waals surface area contributed by atoms with Gasteiger partial charge in [0.2, 0.25) is 0 Å². The first-order valence-corrected chi connectivity index (χ1v) is 8.53. The van der Waals surface area contributed by atoms with Crippen LogP contribution in [0.5, 0.6) is 0 Å². The second kappa shape index (κ2) is 8.49. The van der Waals surface area contributed by atoms with Gasteiger partial charge in [0, 0.05) is 29.0 Å². The third kappa shape index (κ3) is 4.53. The number of aromatic nitrogens is 1. The number of furan rings is 1. The molecule has 136 valence electrons. The minimum absolute atomic E-state index is 0.327. The molecule has 0 saturated carbocycles. The maximum atomic E-state index is 9.42. The molecule has 0 atom stereocenters. The van der Waals surface area contributed by atoms with E-state index in [1.807, 2.05) is 31.2 Å². The van der Waals surface area contributed by atoms with Crippen LogP contribution < -0.4 is 5.43 Å². The predicted octanol–water partition coefficient (Wildman–Crippen LogP) is 4.77. The molecule has 0 saturated heterocycles. The van der Waals surface area contributed by atoms with Crippen molar-refractivity contribution in [2.75, 3.05) is 12.5 Å². The van der Waals surface area contributed by atoms with Crippen molar-refractivity contribution >= 4 is 23.6 Å². The molecule has 0 radical (unpaired) electrons. The molecule has 0 spiro atoms. The highest BCUT2D eigenvalue weighted by Gasteiger charge is 2.11. The fraction of sp³-hybridized carbons (Fsp3) is 0.150. The van der Waals surface area contributed by atoms with Crippen molar-refractivity contribution in [3.8, 4) is 17.4 Å². The molecule has 2 aromatic heterocycles. The quantitative estimate of drug-likeness (QED) is 0.492. The Morgan fingerprint density at radius 3 is 2.78 bits per heavy atom. The number of nitrogens with zero attached hydrogens (tertiary/aromatic N) is 3. The van der Waals surface area contributed by atoms with Crippen molar-refractivity contribution in [3.63, 3.8) is 0 Å². The van der Waals surface area contributed by atoms with Crippen LogP contribution >= 0.6 is 11.6 Å². The Morgan fingerprint density at radius 1 is 1.30 bits per heavy atom. The molecule has 27 heavy (non-hydrogen) atoms. The molecule has 6 nitrogen and oxygen atoms in total. The van der Waals surface area contributed by atoms with Crippen LogP contribution in [0.2, 0.25) is 5.02 Å².